The molecule has 0 aliphatic rings. The fraction of sp³-hybridized carbons (Fsp3) is 0.158. The van der Waals surface area contributed by atoms with Crippen LogP contribution in [0.15, 0.2) is 53.6 Å². The number of hydrogen-bond donors (Lipinski definition) is 1. The fourth-order valence-corrected chi connectivity index (χ4v) is 2.57. The Morgan fingerprint density at radius 1 is 1.24 bits per heavy atom. The van der Waals surface area contributed by atoms with Gasteiger partial charge in [0.1, 0.15) is 12.4 Å². The molecule has 6 nitrogen and oxygen atoms in total. The van der Waals surface area contributed by atoms with Crippen molar-refractivity contribution in [2.45, 2.75) is 20.4 Å². The molecule has 0 radical (unpaired) electrons. The predicted molar refractivity (Wildman–Crippen MR) is 96.0 cm³/mol. The molecule has 6 heteroatoms. The Bertz CT molecular complexity index is 993. The second kappa shape index (κ2) is 6.97. The number of aromatic nitrogens is 2. The van der Waals surface area contributed by atoms with Crippen LogP contribution in [-0.4, -0.2) is 21.2 Å². The van der Waals surface area contributed by atoms with Crippen LogP contribution in [0.1, 0.15) is 23.9 Å². The first-order valence-corrected chi connectivity index (χ1v) is 7.84. The lowest BCUT2D eigenvalue weighted by atomic mass is 10.1. The maximum absolute atomic E-state index is 12.2. The van der Waals surface area contributed by atoms with E-state index in [1.165, 1.54) is 0 Å². The second-order valence-electron chi connectivity index (χ2n) is 5.66. The number of nitriles is 1. The van der Waals surface area contributed by atoms with E-state index in [1.807, 2.05) is 35.8 Å². The highest BCUT2D eigenvalue weighted by molar-refractivity contribution is 5.99. The van der Waals surface area contributed by atoms with E-state index in [0.717, 1.165) is 22.4 Å². The van der Waals surface area contributed by atoms with Crippen LogP contribution < -0.4 is 5.43 Å². The first kappa shape index (κ1) is 16.4. The number of rotatable bonds is 4. The minimum absolute atomic E-state index is 0.149. The third-order valence-electron chi connectivity index (χ3n) is 3.93. The number of para-hydroxylation sites is 2. The maximum Gasteiger partial charge on any atom is 0.260 e. The lowest BCUT2D eigenvalue weighted by Crippen LogP contribution is -2.24. The summed E-state index contributed by atoms with van der Waals surface area (Å²) in [6, 6.07) is 16.8. The first-order chi connectivity index (χ1) is 12.1. The van der Waals surface area contributed by atoms with Crippen molar-refractivity contribution in [3.8, 4) is 6.07 Å². The molecule has 0 aliphatic heterocycles. The van der Waals surface area contributed by atoms with Crippen LogP contribution in [-0.2, 0) is 11.3 Å². The Kier molecular flexibility index (Phi) is 4.57. The zero-order valence-electron chi connectivity index (χ0n) is 14.0. The van der Waals surface area contributed by atoms with E-state index in [1.54, 1.807) is 31.2 Å². The summed E-state index contributed by atoms with van der Waals surface area (Å²) in [4.78, 5) is 16.7. The van der Waals surface area contributed by atoms with Gasteiger partial charge in [-0.3, -0.25) is 4.79 Å². The van der Waals surface area contributed by atoms with Gasteiger partial charge in [0.05, 0.1) is 28.4 Å². The van der Waals surface area contributed by atoms with Gasteiger partial charge in [0.15, 0.2) is 0 Å². The molecule has 0 atom stereocenters. The van der Waals surface area contributed by atoms with Crippen LogP contribution >= 0.6 is 0 Å². The van der Waals surface area contributed by atoms with Crippen molar-refractivity contribution in [1.82, 2.24) is 15.0 Å². The molecule has 1 amide bonds. The van der Waals surface area contributed by atoms with Gasteiger partial charge in [-0.05, 0) is 43.7 Å². The molecule has 2 aromatic carbocycles. The maximum atomic E-state index is 12.2. The van der Waals surface area contributed by atoms with Gasteiger partial charge >= 0.3 is 0 Å². The van der Waals surface area contributed by atoms with E-state index in [-0.39, 0.29) is 12.5 Å². The number of amides is 1. The summed E-state index contributed by atoms with van der Waals surface area (Å²) in [5.41, 5.74) is 6.47. The highest BCUT2D eigenvalue weighted by Crippen LogP contribution is 2.15. The monoisotopic (exact) mass is 331 g/mol. The third kappa shape index (κ3) is 3.56. The van der Waals surface area contributed by atoms with E-state index in [0.29, 0.717) is 11.3 Å². The summed E-state index contributed by atoms with van der Waals surface area (Å²) >= 11 is 0. The normalized spacial score (nSPS) is 11.3. The first-order valence-electron chi connectivity index (χ1n) is 7.84. The number of aryl methyl sites for hydroxylation is 1. The van der Waals surface area contributed by atoms with E-state index in [4.69, 9.17) is 5.26 Å². The van der Waals surface area contributed by atoms with Crippen LogP contribution in [0.4, 0.5) is 0 Å². The summed E-state index contributed by atoms with van der Waals surface area (Å²) in [6.45, 7) is 3.83. The molecule has 0 bridgehead atoms. The van der Waals surface area contributed by atoms with Crippen LogP contribution in [0.25, 0.3) is 11.0 Å². The Hall–Kier alpha value is -3.46. The van der Waals surface area contributed by atoms with Crippen LogP contribution in [0.2, 0.25) is 0 Å². The van der Waals surface area contributed by atoms with Crippen LogP contribution in [0, 0.1) is 18.3 Å². The Morgan fingerprint density at radius 2 is 1.96 bits per heavy atom. The third-order valence-corrected chi connectivity index (χ3v) is 3.93. The van der Waals surface area contributed by atoms with Crippen molar-refractivity contribution in [1.29, 1.82) is 5.26 Å². The molecule has 1 aromatic heterocycles. The lowest BCUT2D eigenvalue weighted by Gasteiger charge is -2.06. The molecular weight excluding hydrogens is 314 g/mol. The molecule has 0 saturated heterocycles. The minimum Gasteiger partial charge on any atom is -0.319 e. The number of carbonyl (C=O) groups excluding carboxylic acids is 1. The van der Waals surface area contributed by atoms with Crippen molar-refractivity contribution in [3.63, 3.8) is 0 Å². The Labute approximate surface area is 145 Å². The zero-order chi connectivity index (χ0) is 17.8. The predicted octanol–water partition coefficient (Wildman–Crippen LogP) is 2.76. The Balaban J connectivity index is 1.71. The largest absolute Gasteiger partial charge is 0.319 e. The van der Waals surface area contributed by atoms with E-state index >= 15 is 0 Å². The molecule has 0 aliphatic carbocycles. The van der Waals surface area contributed by atoms with Crippen LogP contribution in [0.5, 0.6) is 0 Å². The van der Waals surface area contributed by atoms with Crippen LogP contribution in [0.3, 0.4) is 0 Å². The van der Waals surface area contributed by atoms with E-state index in [2.05, 4.69) is 21.6 Å². The molecule has 25 heavy (non-hydrogen) atoms. The summed E-state index contributed by atoms with van der Waals surface area (Å²) in [5, 5.41) is 13.0. The van der Waals surface area contributed by atoms with Gasteiger partial charge in [-0.1, -0.05) is 24.3 Å². The van der Waals surface area contributed by atoms with E-state index < -0.39 is 0 Å². The number of carbonyl (C=O) groups is 1. The van der Waals surface area contributed by atoms with Gasteiger partial charge in [-0.25, -0.2) is 10.4 Å². The molecule has 124 valence electrons. The molecule has 0 fully saturated rings. The van der Waals surface area contributed by atoms with Gasteiger partial charge in [0, 0.05) is 0 Å². The number of benzene rings is 2. The van der Waals surface area contributed by atoms with E-state index in [9.17, 15) is 4.79 Å². The smallest absolute Gasteiger partial charge is 0.260 e. The van der Waals surface area contributed by atoms with Gasteiger partial charge < -0.3 is 4.57 Å². The standard InChI is InChI=1S/C19H17N5O/c1-13(16-9-7-15(11-20)8-10-16)22-23-19(25)12-24-14(2)21-17-5-3-4-6-18(17)24/h3-10H,12H2,1-2H3,(H,23,25)/b22-13+. The topological polar surface area (TPSA) is 83.1 Å². The van der Waals surface area contributed by atoms with Gasteiger partial charge in [-0.2, -0.15) is 10.4 Å². The number of nitrogens with zero attached hydrogens (tertiary/aromatic N) is 4. The number of imidazole rings is 1. The van der Waals surface area contributed by atoms with Crippen molar-refractivity contribution in [2.75, 3.05) is 0 Å². The number of fused-ring (bicyclic) bond motifs is 1. The molecule has 3 aromatic rings. The molecule has 0 spiro atoms. The average molecular weight is 331 g/mol. The summed E-state index contributed by atoms with van der Waals surface area (Å²) < 4.78 is 1.86. The highest BCUT2D eigenvalue weighted by atomic mass is 16.2. The van der Waals surface area contributed by atoms with Gasteiger partial charge in [0.2, 0.25) is 0 Å². The summed E-state index contributed by atoms with van der Waals surface area (Å²) in [6.07, 6.45) is 0. The van der Waals surface area contributed by atoms with Gasteiger partial charge in [-0.15, -0.1) is 0 Å². The number of hydrazone groups is 1. The zero-order valence-corrected chi connectivity index (χ0v) is 14.0. The summed E-state index contributed by atoms with van der Waals surface area (Å²) in [5.74, 6) is 0.559. The molecule has 1 heterocycles. The summed E-state index contributed by atoms with van der Waals surface area (Å²) in [7, 11) is 0. The lowest BCUT2D eigenvalue weighted by molar-refractivity contribution is -0.121. The molecule has 1 N–H and O–H groups in total. The van der Waals surface area contributed by atoms with Crippen molar-refractivity contribution >= 4 is 22.7 Å². The average Bonchev–Trinajstić information content (AvgIpc) is 2.95. The van der Waals surface area contributed by atoms with Crippen molar-refractivity contribution in [2.24, 2.45) is 5.10 Å². The fourth-order valence-electron chi connectivity index (χ4n) is 2.57. The van der Waals surface area contributed by atoms with Crippen molar-refractivity contribution in [3.05, 3.63) is 65.5 Å². The quantitative estimate of drug-likeness (QED) is 0.589. The Morgan fingerprint density at radius 3 is 2.68 bits per heavy atom. The molecule has 0 unspecified atom stereocenters. The van der Waals surface area contributed by atoms with Crippen molar-refractivity contribution < 1.29 is 4.79 Å². The minimum atomic E-state index is -0.223. The van der Waals surface area contributed by atoms with Gasteiger partial charge in [0.25, 0.3) is 5.91 Å². The second-order valence-corrected chi connectivity index (χ2v) is 5.66. The number of hydrogen-bond acceptors (Lipinski definition) is 4. The number of nitrogens with one attached hydrogen (secondary N) is 1. The molecule has 3 rings (SSSR count). The highest BCUT2D eigenvalue weighted by Gasteiger charge is 2.10. The SMILES string of the molecule is C/C(=N\NC(=O)Cn1c(C)nc2ccccc21)c1ccc(C#N)cc1. The molecule has 0 saturated carbocycles. The molecular formula is C19H17N5O.